The van der Waals surface area contributed by atoms with Crippen LogP contribution in [-0.2, 0) is 19.3 Å². The first-order chi connectivity index (χ1) is 14.3. The van der Waals surface area contributed by atoms with Crippen LogP contribution >= 0.6 is 0 Å². The van der Waals surface area contributed by atoms with Crippen LogP contribution in [0.4, 0.5) is 11.4 Å². The highest BCUT2D eigenvalue weighted by Gasteiger charge is 2.32. The van der Waals surface area contributed by atoms with Crippen molar-refractivity contribution >= 4 is 11.4 Å². The summed E-state index contributed by atoms with van der Waals surface area (Å²) in [4.78, 5) is 2.45. The molecule has 0 spiro atoms. The van der Waals surface area contributed by atoms with E-state index in [-0.39, 0.29) is 0 Å². The third-order valence-corrected chi connectivity index (χ3v) is 7.12. The molecule has 3 aliphatic rings. The fraction of sp³-hybridized carbons (Fsp3) is 0.143. The molecular weight excluding hydrogens is 350 g/mol. The molecule has 1 heteroatoms. The minimum Gasteiger partial charge on any atom is -0.344 e. The fourth-order valence-electron chi connectivity index (χ4n) is 5.87. The predicted octanol–water partition coefficient (Wildman–Crippen LogP) is 6.50. The first-order valence-corrected chi connectivity index (χ1v) is 10.5. The Labute approximate surface area is 171 Å². The van der Waals surface area contributed by atoms with Gasteiger partial charge in [0.2, 0.25) is 0 Å². The second kappa shape index (κ2) is 5.39. The third kappa shape index (κ3) is 1.95. The van der Waals surface area contributed by atoms with E-state index in [4.69, 9.17) is 0 Å². The number of hydrogen-bond donors (Lipinski definition) is 0. The summed E-state index contributed by atoms with van der Waals surface area (Å²) in [7, 11) is 2.26. The lowest BCUT2D eigenvalue weighted by molar-refractivity contribution is 1.05. The molecule has 1 nitrogen and oxygen atoms in total. The van der Waals surface area contributed by atoms with Crippen LogP contribution in [0.1, 0.15) is 33.4 Å². The van der Waals surface area contributed by atoms with E-state index in [1.54, 1.807) is 0 Å². The van der Waals surface area contributed by atoms with Gasteiger partial charge in [0.05, 0.1) is 5.69 Å². The molecule has 0 unspecified atom stereocenters. The molecule has 0 saturated heterocycles. The molecule has 138 valence electrons. The number of benzene rings is 4. The van der Waals surface area contributed by atoms with Gasteiger partial charge in [-0.15, -0.1) is 0 Å². The average Bonchev–Trinajstić information content (AvgIpc) is 3.32. The zero-order valence-electron chi connectivity index (χ0n) is 16.5. The van der Waals surface area contributed by atoms with E-state index in [1.807, 2.05) is 0 Å². The summed E-state index contributed by atoms with van der Waals surface area (Å²) in [5.74, 6) is 0. The van der Waals surface area contributed by atoms with E-state index in [1.165, 1.54) is 67.0 Å². The van der Waals surface area contributed by atoms with Gasteiger partial charge in [-0.1, -0.05) is 66.7 Å². The number of nitrogens with zero attached hydrogens (tertiary/aromatic N) is 1. The Balaban J connectivity index is 1.47. The lowest BCUT2D eigenvalue weighted by Gasteiger charge is -2.34. The van der Waals surface area contributed by atoms with Gasteiger partial charge in [-0.2, -0.15) is 0 Å². The number of anilines is 2. The van der Waals surface area contributed by atoms with Crippen LogP contribution in [0.3, 0.4) is 0 Å². The van der Waals surface area contributed by atoms with Gasteiger partial charge in [0.15, 0.2) is 0 Å². The smallest absolute Gasteiger partial charge is 0.0526 e. The predicted molar refractivity (Wildman–Crippen MR) is 120 cm³/mol. The Morgan fingerprint density at radius 3 is 1.90 bits per heavy atom. The van der Waals surface area contributed by atoms with Crippen molar-refractivity contribution in [1.82, 2.24) is 0 Å². The Morgan fingerprint density at radius 1 is 0.552 bits per heavy atom. The first kappa shape index (κ1) is 15.6. The zero-order valence-corrected chi connectivity index (χ0v) is 16.5. The maximum Gasteiger partial charge on any atom is 0.0526 e. The highest BCUT2D eigenvalue weighted by Crippen LogP contribution is 2.52. The molecule has 2 aliphatic carbocycles. The molecule has 0 amide bonds. The van der Waals surface area contributed by atoms with Crippen LogP contribution in [-0.4, -0.2) is 7.05 Å². The molecule has 0 aromatic heterocycles. The molecule has 0 N–H and O–H groups in total. The largest absolute Gasteiger partial charge is 0.344 e. The van der Waals surface area contributed by atoms with E-state index < -0.39 is 0 Å². The molecule has 1 heterocycles. The van der Waals surface area contributed by atoms with Gasteiger partial charge < -0.3 is 4.90 Å². The topological polar surface area (TPSA) is 3.24 Å². The summed E-state index contributed by atoms with van der Waals surface area (Å²) in [5.41, 5.74) is 17.4. The molecule has 4 aromatic rings. The summed E-state index contributed by atoms with van der Waals surface area (Å²) >= 11 is 0. The van der Waals surface area contributed by atoms with E-state index in [0.717, 1.165) is 19.3 Å². The van der Waals surface area contributed by atoms with Crippen molar-refractivity contribution in [3.8, 4) is 22.3 Å². The summed E-state index contributed by atoms with van der Waals surface area (Å²) in [6.07, 6.45) is 3.13. The van der Waals surface area contributed by atoms with Gasteiger partial charge in [-0.3, -0.25) is 0 Å². The molecule has 7 rings (SSSR count). The molecule has 4 aromatic carbocycles. The van der Waals surface area contributed by atoms with Crippen molar-refractivity contribution in [2.75, 3.05) is 11.9 Å². The molecule has 0 saturated carbocycles. The first-order valence-electron chi connectivity index (χ1n) is 10.5. The van der Waals surface area contributed by atoms with Crippen molar-refractivity contribution in [3.63, 3.8) is 0 Å². The van der Waals surface area contributed by atoms with Crippen LogP contribution in [0.15, 0.2) is 72.8 Å². The second-order valence-corrected chi connectivity index (χ2v) is 8.61. The second-order valence-electron chi connectivity index (χ2n) is 8.61. The van der Waals surface area contributed by atoms with Crippen molar-refractivity contribution < 1.29 is 0 Å². The highest BCUT2D eigenvalue weighted by molar-refractivity contribution is 5.95. The zero-order chi connectivity index (χ0) is 19.1. The summed E-state index contributed by atoms with van der Waals surface area (Å²) in [5, 5.41) is 0. The van der Waals surface area contributed by atoms with Gasteiger partial charge in [0.1, 0.15) is 0 Å². The summed E-state index contributed by atoms with van der Waals surface area (Å²) < 4.78 is 0. The molecule has 1 aliphatic heterocycles. The Kier molecular flexibility index (Phi) is 2.90. The number of fused-ring (bicyclic) bond motifs is 10. The lowest BCUT2D eigenvalue weighted by atomic mass is 9.86. The maximum atomic E-state index is 2.45. The summed E-state index contributed by atoms with van der Waals surface area (Å²) in [6, 6.07) is 27.3. The Morgan fingerprint density at radius 2 is 1.14 bits per heavy atom. The quantitative estimate of drug-likeness (QED) is 0.294. The van der Waals surface area contributed by atoms with Crippen molar-refractivity contribution in [2.45, 2.75) is 19.3 Å². The Hall–Kier alpha value is -3.32. The molecule has 0 fully saturated rings. The van der Waals surface area contributed by atoms with Crippen LogP contribution in [0.25, 0.3) is 22.3 Å². The number of hydrogen-bond acceptors (Lipinski definition) is 1. The standard InChI is InChI=1S/C28H21N/c1-29-25-13-12-19-14-17-6-2-4-8-22(17)26(19)24(25)16-21-11-10-20-15-18-7-3-5-9-23(18)27(20)28(21)29/h2-13H,14-16H2,1H3. The van der Waals surface area contributed by atoms with E-state index in [9.17, 15) is 0 Å². The van der Waals surface area contributed by atoms with Gasteiger partial charge in [0.25, 0.3) is 0 Å². The number of rotatable bonds is 0. The monoisotopic (exact) mass is 371 g/mol. The fourth-order valence-corrected chi connectivity index (χ4v) is 5.87. The molecule has 0 atom stereocenters. The van der Waals surface area contributed by atoms with Gasteiger partial charge in [-0.05, 0) is 69.0 Å². The van der Waals surface area contributed by atoms with E-state index >= 15 is 0 Å². The van der Waals surface area contributed by atoms with Crippen molar-refractivity contribution in [1.29, 1.82) is 0 Å². The van der Waals surface area contributed by atoms with Crippen LogP contribution in [0, 0.1) is 0 Å². The maximum absolute atomic E-state index is 2.45. The molecule has 0 bridgehead atoms. The molecule has 29 heavy (non-hydrogen) atoms. The SMILES string of the molecule is CN1c2ccc3c(c2Cc2ccc4c(c21)-c1ccccc1C4)-c1ccccc1C3. The van der Waals surface area contributed by atoms with Crippen LogP contribution < -0.4 is 4.90 Å². The highest BCUT2D eigenvalue weighted by atomic mass is 15.1. The minimum absolute atomic E-state index is 1.02. The molecule has 0 radical (unpaired) electrons. The van der Waals surface area contributed by atoms with Gasteiger partial charge in [-0.25, -0.2) is 0 Å². The van der Waals surface area contributed by atoms with Gasteiger partial charge in [0, 0.05) is 24.7 Å². The van der Waals surface area contributed by atoms with E-state index in [0.29, 0.717) is 0 Å². The normalized spacial score (nSPS) is 14.6. The Bertz CT molecular complexity index is 1340. The van der Waals surface area contributed by atoms with Gasteiger partial charge >= 0.3 is 0 Å². The van der Waals surface area contributed by atoms with Crippen molar-refractivity contribution in [3.05, 3.63) is 106 Å². The minimum atomic E-state index is 1.02. The summed E-state index contributed by atoms with van der Waals surface area (Å²) in [6.45, 7) is 0. The van der Waals surface area contributed by atoms with Crippen molar-refractivity contribution in [2.24, 2.45) is 0 Å². The molecular formula is C28H21N. The van der Waals surface area contributed by atoms with Crippen LogP contribution in [0.5, 0.6) is 0 Å². The third-order valence-electron chi connectivity index (χ3n) is 7.12. The lowest BCUT2D eigenvalue weighted by Crippen LogP contribution is -2.20. The van der Waals surface area contributed by atoms with E-state index in [2.05, 4.69) is 84.7 Å². The average molecular weight is 371 g/mol. The van der Waals surface area contributed by atoms with Crippen LogP contribution in [0.2, 0.25) is 0 Å².